The minimum absolute atomic E-state index is 0.0306. The molecule has 0 aromatic heterocycles. The van der Waals surface area contributed by atoms with Crippen LogP contribution >= 0.6 is 0 Å². The zero-order chi connectivity index (χ0) is 14.4. The number of nitrogens with one attached hydrogen (secondary N) is 3. The Bertz CT molecular complexity index is 461. The largest absolute Gasteiger partial charge is 0.350 e. The zero-order valence-electron chi connectivity index (χ0n) is 11.7. The minimum atomic E-state index is -0.166. The molecule has 5 nitrogen and oxygen atoms in total. The highest BCUT2D eigenvalue weighted by Gasteiger charge is 2.29. The SMILES string of the molecule is C[C@@H]1CNC[C@H]1C(=O)NCC(=O)NCc1ccccc1. The molecule has 0 unspecified atom stereocenters. The Morgan fingerprint density at radius 2 is 1.95 bits per heavy atom. The first-order valence-corrected chi connectivity index (χ1v) is 6.96. The van der Waals surface area contributed by atoms with Crippen LogP contribution in [0.5, 0.6) is 0 Å². The Balaban J connectivity index is 1.68. The molecule has 1 aliphatic rings. The van der Waals surface area contributed by atoms with Crippen LogP contribution in [0.2, 0.25) is 0 Å². The van der Waals surface area contributed by atoms with Gasteiger partial charge < -0.3 is 16.0 Å². The first kappa shape index (κ1) is 14.5. The molecule has 1 saturated heterocycles. The standard InChI is InChI=1S/C15H21N3O2/c1-11-7-16-9-13(11)15(20)18-10-14(19)17-8-12-5-3-2-4-6-12/h2-6,11,13,16H,7-10H2,1H3,(H,17,19)(H,18,20)/t11-,13-/m1/s1. The number of carbonyl (C=O) groups is 2. The topological polar surface area (TPSA) is 70.2 Å². The molecule has 108 valence electrons. The molecule has 5 heteroatoms. The van der Waals surface area contributed by atoms with E-state index in [0.717, 1.165) is 12.1 Å². The molecule has 1 aliphatic heterocycles. The summed E-state index contributed by atoms with van der Waals surface area (Å²) in [6.45, 7) is 4.11. The third-order valence-corrected chi connectivity index (χ3v) is 3.61. The van der Waals surface area contributed by atoms with Crippen molar-refractivity contribution < 1.29 is 9.59 Å². The van der Waals surface area contributed by atoms with Gasteiger partial charge in [0, 0.05) is 13.1 Å². The molecule has 0 aliphatic carbocycles. The molecular weight excluding hydrogens is 254 g/mol. The number of carbonyl (C=O) groups excluding carboxylic acids is 2. The monoisotopic (exact) mass is 275 g/mol. The predicted octanol–water partition coefficient (Wildman–Crippen LogP) is 0.275. The summed E-state index contributed by atoms with van der Waals surface area (Å²) in [6, 6.07) is 9.69. The second-order valence-electron chi connectivity index (χ2n) is 5.22. The molecule has 2 atom stereocenters. The van der Waals surface area contributed by atoms with Crippen molar-refractivity contribution in [3.63, 3.8) is 0 Å². The van der Waals surface area contributed by atoms with E-state index < -0.39 is 0 Å². The van der Waals surface area contributed by atoms with Crippen LogP contribution in [0.1, 0.15) is 12.5 Å². The van der Waals surface area contributed by atoms with Crippen molar-refractivity contribution in [3.8, 4) is 0 Å². The number of hydrogen-bond acceptors (Lipinski definition) is 3. The molecule has 1 aromatic rings. The van der Waals surface area contributed by atoms with E-state index in [1.807, 2.05) is 37.3 Å². The molecule has 1 heterocycles. The van der Waals surface area contributed by atoms with Gasteiger partial charge in [-0.2, -0.15) is 0 Å². The van der Waals surface area contributed by atoms with Crippen LogP contribution < -0.4 is 16.0 Å². The molecule has 3 N–H and O–H groups in total. The first-order valence-electron chi connectivity index (χ1n) is 6.96. The van der Waals surface area contributed by atoms with Crippen LogP contribution in [0.4, 0.5) is 0 Å². The second kappa shape index (κ2) is 7.05. The van der Waals surface area contributed by atoms with Crippen molar-refractivity contribution in [3.05, 3.63) is 35.9 Å². The summed E-state index contributed by atoms with van der Waals surface area (Å²) in [5, 5.41) is 8.66. The summed E-state index contributed by atoms with van der Waals surface area (Å²) >= 11 is 0. The summed E-state index contributed by atoms with van der Waals surface area (Å²) < 4.78 is 0. The zero-order valence-corrected chi connectivity index (χ0v) is 11.7. The number of hydrogen-bond donors (Lipinski definition) is 3. The van der Waals surface area contributed by atoms with E-state index in [1.54, 1.807) is 0 Å². The molecule has 1 aromatic carbocycles. The molecule has 0 saturated carbocycles. The van der Waals surface area contributed by atoms with Crippen molar-refractivity contribution in [2.75, 3.05) is 19.6 Å². The number of benzene rings is 1. The van der Waals surface area contributed by atoms with Crippen molar-refractivity contribution in [1.29, 1.82) is 0 Å². The van der Waals surface area contributed by atoms with E-state index in [0.29, 0.717) is 19.0 Å². The normalized spacial score (nSPS) is 21.4. The summed E-state index contributed by atoms with van der Waals surface area (Å²) in [4.78, 5) is 23.6. The molecule has 0 radical (unpaired) electrons. The average molecular weight is 275 g/mol. The van der Waals surface area contributed by atoms with E-state index >= 15 is 0 Å². The van der Waals surface area contributed by atoms with Gasteiger partial charge >= 0.3 is 0 Å². The van der Waals surface area contributed by atoms with E-state index in [1.165, 1.54) is 0 Å². The van der Waals surface area contributed by atoms with Crippen LogP contribution in [0, 0.1) is 11.8 Å². The fourth-order valence-electron chi connectivity index (χ4n) is 2.32. The Morgan fingerprint density at radius 1 is 1.20 bits per heavy atom. The third kappa shape index (κ3) is 4.06. The number of amides is 2. The minimum Gasteiger partial charge on any atom is -0.350 e. The predicted molar refractivity (Wildman–Crippen MR) is 76.8 cm³/mol. The lowest BCUT2D eigenvalue weighted by Gasteiger charge is -2.14. The highest BCUT2D eigenvalue weighted by Crippen LogP contribution is 2.15. The maximum atomic E-state index is 11.9. The fraction of sp³-hybridized carbons (Fsp3) is 0.467. The van der Waals surface area contributed by atoms with Crippen molar-refractivity contribution in [1.82, 2.24) is 16.0 Å². The van der Waals surface area contributed by atoms with E-state index in [-0.39, 0.29) is 24.3 Å². The van der Waals surface area contributed by atoms with Gasteiger partial charge in [-0.25, -0.2) is 0 Å². The Labute approximate surface area is 119 Å². The van der Waals surface area contributed by atoms with E-state index in [4.69, 9.17) is 0 Å². The molecule has 2 amide bonds. The molecule has 20 heavy (non-hydrogen) atoms. The van der Waals surface area contributed by atoms with Crippen LogP contribution in [0.15, 0.2) is 30.3 Å². The van der Waals surface area contributed by atoms with Gasteiger partial charge in [-0.05, 0) is 18.0 Å². The fourth-order valence-corrected chi connectivity index (χ4v) is 2.32. The maximum Gasteiger partial charge on any atom is 0.239 e. The van der Waals surface area contributed by atoms with E-state index in [2.05, 4.69) is 16.0 Å². The van der Waals surface area contributed by atoms with Gasteiger partial charge in [0.05, 0.1) is 12.5 Å². The summed E-state index contributed by atoms with van der Waals surface area (Å²) in [6.07, 6.45) is 0. The van der Waals surface area contributed by atoms with Gasteiger partial charge in [0.2, 0.25) is 11.8 Å². The lowest BCUT2D eigenvalue weighted by Crippen LogP contribution is -2.41. The Hall–Kier alpha value is -1.88. The highest BCUT2D eigenvalue weighted by atomic mass is 16.2. The van der Waals surface area contributed by atoms with Crippen LogP contribution in [-0.2, 0) is 16.1 Å². The quantitative estimate of drug-likeness (QED) is 0.722. The molecule has 2 rings (SSSR count). The molecular formula is C15H21N3O2. The van der Waals surface area contributed by atoms with Crippen LogP contribution in [-0.4, -0.2) is 31.4 Å². The van der Waals surface area contributed by atoms with Crippen LogP contribution in [0.25, 0.3) is 0 Å². The summed E-state index contributed by atoms with van der Waals surface area (Å²) in [7, 11) is 0. The van der Waals surface area contributed by atoms with Gasteiger partial charge in [0.25, 0.3) is 0 Å². The molecule has 0 bridgehead atoms. The van der Waals surface area contributed by atoms with Gasteiger partial charge in [0.15, 0.2) is 0 Å². The van der Waals surface area contributed by atoms with E-state index in [9.17, 15) is 9.59 Å². The van der Waals surface area contributed by atoms with Gasteiger partial charge in [-0.3, -0.25) is 9.59 Å². The lowest BCUT2D eigenvalue weighted by molar-refractivity contribution is -0.128. The smallest absolute Gasteiger partial charge is 0.239 e. The first-order chi connectivity index (χ1) is 9.66. The number of rotatable bonds is 5. The lowest BCUT2D eigenvalue weighted by atomic mass is 9.97. The second-order valence-corrected chi connectivity index (χ2v) is 5.22. The maximum absolute atomic E-state index is 11.9. The van der Waals surface area contributed by atoms with Crippen molar-refractivity contribution in [2.24, 2.45) is 11.8 Å². The Morgan fingerprint density at radius 3 is 2.60 bits per heavy atom. The molecule has 0 spiro atoms. The van der Waals surface area contributed by atoms with Gasteiger partial charge in [-0.1, -0.05) is 37.3 Å². The molecule has 1 fully saturated rings. The highest BCUT2D eigenvalue weighted by molar-refractivity contribution is 5.86. The van der Waals surface area contributed by atoms with Crippen molar-refractivity contribution in [2.45, 2.75) is 13.5 Å². The van der Waals surface area contributed by atoms with Gasteiger partial charge in [-0.15, -0.1) is 0 Å². The summed E-state index contributed by atoms with van der Waals surface area (Å²) in [5.41, 5.74) is 1.04. The Kier molecular flexibility index (Phi) is 5.12. The third-order valence-electron chi connectivity index (χ3n) is 3.61. The van der Waals surface area contributed by atoms with Gasteiger partial charge in [0.1, 0.15) is 0 Å². The average Bonchev–Trinajstić information content (AvgIpc) is 2.90. The van der Waals surface area contributed by atoms with Crippen LogP contribution in [0.3, 0.4) is 0 Å². The van der Waals surface area contributed by atoms with Crippen molar-refractivity contribution >= 4 is 11.8 Å². The summed E-state index contributed by atoms with van der Waals surface area (Å²) in [5.74, 6) is 0.0810.